The lowest BCUT2D eigenvalue weighted by atomic mass is 10.4. The second-order valence-electron chi connectivity index (χ2n) is 2.86. The first kappa shape index (κ1) is 10.9. The number of rotatable bonds is 3. The Balaban J connectivity index is 2.37. The Kier molecular flexibility index (Phi) is 3.04. The largest absolute Gasteiger partial charge is 0.382 e. The van der Waals surface area contributed by atoms with E-state index in [1.807, 2.05) is 22.6 Å². The third-order valence-corrected chi connectivity index (χ3v) is 2.30. The summed E-state index contributed by atoms with van der Waals surface area (Å²) < 4.78 is 5.62. The van der Waals surface area contributed by atoms with Crippen molar-refractivity contribution in [1.29, 1.82) is 0 Å². The number of nitrogens with one attached hydrogen (secondary N) is 1. The van der Waals surface area contributed by atoms with Crippen molar-refractivity contribution in [1.82, 2.24) is 15.1 Å². The van der Waals surface area contributed by atoms with Gasteiger partial charge in [0.15, 0.2) is 15.4 Å². The number of hydrogen-bond acceptors (Lipinski definition) is 5. The monoisotopic (exact) mass is 329 g/mol. The van der Waals surface area contributed by atoms with Crippen LogP contribution in [-0.4, -0.2) is 21.3 Å². The first-order valence-electron chi connectivity index (χ1n) is 4.33. The van der Waals surface area contributed by atoms with Gasteiger partial charge in [-0.25, -0.2) is 4.98 Å². The molecule has 0 bridgehead atoms. The van der Waals surface area contributed by atoms with Crippen LogP contribution in [0.15, 0.2) is 28.4 Å². The number of H-pyrrole nitrogens is 1. The fourth-order valence-corrected chi connectivity index (χ4v) is 1.51. The lowest BCUT2D eigenvalue weighted by Crippen LogP contribution is -1.90. The predicted octanol–water partition coefficient (Wildman–Crippen LogP) is 1.81. The van der Waals surface area contributed by atoms with E-state index in [0.717, 1.165) is 0 Å². The van der Waals surface area contributed by atoms with Crippen LogP contribution in [0.5, 0.6) is 0 Å². The third-order valence-electron chi connectivity index (χ3n) is 1.79. The zero-order valence-corrected chi connectivity index (χ0v) is 10.3. The molecule has 0 aliphatic rings. The molecule has 0 spiro atoms. The van der Waals surface area contributed by atoms with E-state index in [9.17, 15) is 0 Å². The maximum absolute atomic E-state index is 5.70. The van der Waals surface area contributed by atoms with Crippen molar-refractivity contribution in [2.45, 2.75) is 0 Å². The average Bonchev–Trinajstić information content (AvgIpc) is 2.82. The van der Waals surface area contributed by atoms with Crippen LogP contribution in [0.2, 0.25) is 0 Å². The number of hydrogen-bond donors (Lipinski definition) is 2. The SMILES string of the molecule is C=CN=Cc1[nH]c(-c2cc(I)on2)nc1N. The van der Waals surface area contributed by atoms with E-state index in [2.05, 4.69) is 26.7 Å². The van der Waals surface area contributed by atoms with Crippen LogP contribution in [0.3, 0.4) is 0 Å². The molecule has 16 heavy (non-hydrogen) atoms. The summed E-state index contributed by atoms with van der Waals surface area (Å²) in [6.07, 6.45) is 2.96. The lowest BCUT2D eigenvalue weighted by Gasteiger charge is -1.85. The molecule has 2 aromatic heterocycles. The highest BCUT2D eigenvalue weighted by atomic mass is 127. The maximum Gasteiger partial charge on any atom is 0.197 e. The van der Waals surface area contributed by atoms with E-state index in [1.54, 1.807) is 12.3 Å². The first-order valence-corrected chi connectivity index (χ1v) is 5.40. The van der Waals surface area contributed by atoms with Gasteiger partial charge in [0.05, 0.1) is 6.21 Å². The Labute approximate surface area is 105 Å². The van der Waals surface area contributed by atoms with Gasteiger partial charge in [-0.05, 0) is 0 Å². The normalized spacial score (nSPS) is 11.1. The number of anilines is 1. The molecule has 2 rings (SSSR count). The summed E-state index contributed by atoms with van der Waals surface area (Å²) in [7, 11) is 0. The molecular formula is C9H8IN5O. The molecule has 0 atom stereocenters. The fourth-order valence-electron chi connectivity index (χ4n) is 1.11. The molecule has 0 aromatic carbocycles. The van der Waals surface area contributed by atoms with Gasteiger partial charge in [0.2, 0.25) is 0 Å². The lowest BCUT2D eigenvalue weighted by molar-refractivity contribution is 0.399. The first-order chi connectivity index (χ1) is 7.70. The molecule has 0 fully saturated rings. The van der Waals surface area contributed by atoms with Gasteiger partial charge in [-0.15, -0.1) is 0 Å². The van der Waals surface area contributed by atoms with Crippen molar-refractivity contribution in [2.75, 3.05) is 5.73 Å². The van der Waals surface area contributed by atoms with E-state index >= 15 is 0 Å². The standard InChI is InChI=1S/C9H8IN5O/c1-2-12-4-6-8(11)14-9(13-6)5-3-7(10)16-15-5/h2-4H,1,11H2,(H,13,14). The molecule has 7 heteroatoms. The van der Waals surface area contributed by atoms with Gasteiger partial charge in [0.1, 0.15) is 11.4 Å². The van der Waals surface area contributed by atoms with E-state index in [0.29, 0.717) is 26.8 Å². The highest BCUT2D eigenvalue weighted by Gasteiger charge is 2.11. The molecule has 2 aromatic rings. The Morgan fingerprint density at radius 2 is 2.44 bits per heavy atom. The van der Waals surface area contributed by atoms with Crippen LogP contribution < -0.4 is 5.73 Å². The van der Waals surface area contributed by atoms with E-state index in [1.165, 1.54) is 6.20 Å². The van der Waals surface area contributed by atoms with Crippen molar-refractivity contribution in [3.8, 4) is 11.5 Å². The summed E-state index contributed by atoms with van der Waals surface area (Å²) in [5.41, 5.74) is 6.92. The zero-order valence-electron chi connectivity index (χ0n) is 8.14. The predicted molar refractivity (Wildman–Crippen MR) is 69.0 cm³/mol. The number of nitrogens with two attached hydrogens (primary N) is 1. The Morgan fingerprint density at radius 1 is 1.62 bits per heavy atom. The highest BCUT2D eigenvalue weighted by Crippen LogP contribution is 2.19. The number of aromatic nitrogens is 3. The van der Waals surface area contributed by atoms with Crippen molar-refractivity contribution in [2.24, 2.45) is 4.99 Å². The van der Waals surface area contributed by atoms with Crippen molar-refractivity contribution < 1.29 is 4.52 Å². The maximum atomic E-state index is 5.70. The molecule has 0 saturated heterocycles. The van der Waals surface area contributed by atoms with E-state index < -0.39 is 0 Å². The number of aliphatic imine (C=N–C) groups is 1. The minimum atomic E-state index is 0.360. The average molecular weight is 329 g/mol. The zero-order chi connectivity index (χ0) is 11.5. The molecule has 0 radical (unpaired) electrons. The second kappa shape index (κ2) is 4.47. The molecule has 0 saturated carbocycles. The molecule has 0 unspecified atom stereocenters. The second-order valence-corrected chi connectivity index (χ2v) is 3.92. The summed E-state index contributed by atoms with van der Waals surface area (Å²) in [6, 6.07) is 1.76. The van der Waals surface area contributed by atoms with Crippen LogP contribution in [0.1, 0.15) is 5.69 Å². The van der Waals surface area contributed by atoms with Crippen LogP contribution >= 0.6 is 22.6 Å². The Hall–Kier alpha value is -1.64. The summed E-state index contributed by atoms with van der Waals surface area (Å²) in [5, 5.41) is 3.82. The van der Waals surface area contributed by atoms with Gasteiger partial charge in [-0.2, -0.15) is 0 Å². The number of halogens is 1. The van der Waals surface area contributed by atoms with Crippen molar-refractivity contribution in [3.05, 3.63) is 28.3 Å². The summed E-state index contributed by atoms with van der Waals surface area (Å²) >= 11 is 2.02. The molecular weight excluding hydrogens is 321 g/mol. The minimum Gasteiger partial charge on any atom is -0.382 e. The van der Waals surface area contributed by atoms with Crippen LogP contribution in [0, 0.1) is 3.77 Å². The molecule has 0 aliphatic heterocycles. The smallest absolute Gasteiger partial charge is 0.197 e. The third kappa shape index (κ3) is 2.13. The molecule has 0 amide bonds. The number of aromatic amines is 1. The highest BCUT2D eigenvalue weighted by molar-refractivity contribution is 14.1. The van der Waals surface area contributed by atoms with Gasteiger partial charge >= 0.3 is 0 Å². The van der Waals surface area contributed by atoms with Crippen molar-refractivity contribution in [3.63, 3.8) is 0 Å². The van der Waals surface area contributed by atoms with Gasteiger partial charge in [-0.3, -0.25) is 4.99 Å². The molecule has 2 heterocycles. The Bertz CT molecular complexity index is 542. The molecule has 3 N–H and O–H groups in total. The Morgan fingerprint density at radius 3 is 3.06 bits per heavy atom. The van der Waals surface area contributed by atoms with Gasteiger partial charge < -0.3 is 15.2 Å². The summed E-state index contributed by atoms with van der Waals surface area (Å²) in [6.45, 7) is 3.47. The molecule has 6 nitrogen and oxygen atoms in total. The fraction of sp³-hybridized carbons (Fsp3) is 0. The van der Waals surface area contributed by atoms with Crippen LogP contribution in [0.25, 0.3) is 11.5 Å². The summed E-state index contributed by atoms with van der Waals surface area (Å²) in [4.78, 5) is 11.0. The van der Waals surface area contributed by atoms with Gasteiger partial charge in [-0.1, -0.05) is 11.7 Å². The topological polar surface area (TPSA) is 93.1 Å². The summed E-state index contributed by atoms with van der Waals surface area (Å²) in [5.74, 6) is 0.910. The van der Waals surface area contributed by atoms with Crippen molar-refractivity contribution >= 4 is 34.6 Å². The van der Waals surface area contributed by atoms with Gasteiger partial charge in [0.25, 0.3) is 0 Å². The number of nitrogen functional groups attached to an aromatic ring is 1. The minimum absolute atomic E-state index is 0.360. The van der Waals surface area contributed by atoms with E-state index in [4.69, 9.17) is 10.3 Å². The number of imidazole rings is 1. The molecule has 0 aliphatic carbocycles. The van der Waals surface area contributed by atoms with Crippen LogP contribution in [-0.2, 0) is 0 Å². The van der Waals surface area contributed by atoms with Gasteiger partial charge in [0, 0.05) is 34.9 Å². The van der Waals surface area contributed by atoms with E-state index in [-0.39, 0.29) is 0 Å². The quantitative estimate of drug-likeness (QED) is 0.663. The number of nitrogens with zero attached hydrogens (tertiary/aromatic N) is 3. The van der Waals surface area contributed by atoms with Crippen LogP contribution in [0.4, 0.5) is 5.82 Å². The molecule has 82 valence electrons.